The third kappa shape index (κ3) is 6.20. The molecule has 39 heavy (non-hydrogen) atoms. The molecule has 6 nitrogen and oxygen atoms in total. The minimum Gasteiger partial charge on any atom is -0.494 e. The molecule has 0 saturated heterocycles. The third-order valence-electron chi connectivity index (χ3n) is 7.67. The topological polar surface area (TPSA) is 77.9 Å². The van der Waals surface area contributed by atoms with Gasteiger partial charge in [-0.15, -0.1) is 0 Å². The van der Waals surface area contributed by atoms with E-state index in [4.69, 9.17) is 30.8 Å². The third-order valence-corrected chi connectivity index (χ3v) is 7.96. The zero-order valence-electron chi connectivity index (χ0n) is 22.2. The van der Waals surface area contributed by atoms with Gasteiger partial charge in [0.15, 0.2) is 17.3 Å². The first-order valence-electron chi connectivity index (χ1n) is 13.4. The number of hydrogen-bond acceptors (Lipinski definition) is 6. The van der Waals surface area contributed by atoms with E-state index in [-0.39, 0.29) is 29.8 Å². The van der Waals surface area contributed by atoms with Crippen molar-refractivity contribution >= 4 is 17.4 Å². The van der Waals surface area contributed by atoms with Gasteiger partial charge >= 0.3 is 0 Å². The molecule has 1 N–H and O–H groups in total. The number of Topliss-reactive ketones (excluding diaryl/α,β-unsaturated/α-hetero) is 1. The quantitative estimate of drug-likeness (QED) is 0.240. The summed E-state index contributed by atoms with van der Waals surface area (Å²) in [7, 11) is 3.09. The number of ketones is 1. The van der Waals surface area contributed by atoms with Crippen molar-refractivity contribution in [3.63, 3.8) is 0 Å². The number of ether oxygens (including phenoxy) is 3. The minimum absolute atomic E-state index is 0.0268. The molecule has 0 aliphatic heterocycles. The predicted molar refractivity (Wildman–Crippen MR) is 147 cm³/mol. The molecule has 1 unspecified atom stereocenters. The van der Waals surface area contributed by atoms with Gasteiger partial charge in [0, 0.05) is 17.5 Å². The van der Waals surface area contributed by atoms with Crippen molar-refractivity contribution in [3.05, 3.63) is 70.6 Å². The van der Waals surface area contributed by atoms with E-state index in [1.165, 1.54) is 19.2 Å². The standard InChI is InChI=1S/C31H33ClFNO5/c1-37-27-12-13-29(34-30(27)21-6-10-24(33)23(32)16-21)31(36,18-19-4-3-5-19)15-14-25(35)20-7-11-26(28(17-20)38-2)39-22-8-9-22/h6-7,10-13,16-17,19,22,36H,3-5,8-9,14-15,18H2,1-2H3. The molecule has 5 rings (SSSR count). The molecule has 8 heteroatoms. The zero-order valence-corrected chi connectivity index (χ0v) is 23.0. The van der Waals surface area contributed by atoms with Crippen LogP contribution in [0.2, 0.25) is 5.02 Å². The molecule has 2 aromatic carbocycles. The maximum atomic E-state index is 13.8. The number of methoxy groups -OCH3 is 2. The lowest BCUT2D eigenvalue weighted by Crippen LogP contribution is -2.33. The first-order chi connectivity index (χ1) is 18.8. The van der Waals surface area contributed by atoms with Crippen LogP contribution in [0.1, 0.15) is 67.4 Å². The van der Waals surface area contributed by atoms with E-state index in [0.717, 1.165) is 32.1 Å². The molecule has 0 radical (unpaired) electrons. The van der Waals surface area contributed by atoms with Gasteiger partial charge in [0.1, 0.15) is 22.9 Å². The van der Waals surface area contributed by atoms with E-state index in [9.17, 15) is 14.3 Å². The zero-order chi connectivity index (χ0) is 27.6. The predicted octanol–water partition coefficient (Wildman–Crippen LogP) is 7.14. The van der Waals surface area contributed by atoms with E-state index in [1.54, 1.807) is 43.5 Å². The monoisotopic (exact) mass is 553 g/mol. The fraction of sp³-hybridized carbons (Fsp3) is 0.419. The molecule has 206 valence electrons. The molecule has 1 heterocycles. The van der Waals surface area contributed by atoms with Crippen LogP contribution in [-0.2, 0) is 5.60 Å². The van der Waals surface area contributed by atoms with Gasteiger partial charge < -0.3 is 19.3 Å². The average Bonchev–Trinajstić information content (AvgIpc) is 3.75. The fourth-order valence-electron chi connectivity index (χ4n) is 5.00. The van der Waals surface area contributed by atoms with Crippen molar-refractivity contribution in [2.45, 2.75) is 63.1 Å². The molecule has 3 aromatic rings. The molecule has 1 atom stereocenters. The highest BCUT2D eigenvalue weighted by molar-refractivity contribution is 6.31. The Balaban J connectivity index is 1.41. The Morgan fingerprint density at radius 2 is 1.77 bits per heavy atom. The van der Waals surface area contributed by atoms with Crippen molar-refractivity contribution < 1.29 is 28.5 Å². The summed E-state index contributed by atoms with van der Waals surface area (Å²) >= 11 is 6.04. The Kier molecular flexibility index (Phi) is 8.10. The van der Waals surface area contributed by atoms with E-state index >= 15 is 0 Å². The van der Waals surface area contributed by atoms with Gasteiger partial charge in [-0.1, -0.05) is 30.9 Å². The summed E-state index contributed by atoms with van der Waals surface area (Å²) in [6.07, 6.45) is 6.30. The lowest BCUT2D eigenvalue weighted by Gasteiger charge is -2.36. The van der Waals surface area contributed by atoms with Crippen LogP contribution in [-0.4, -0.2) is 36.2 Å². The SMILES string of the molecule is COc1cc(C(=O)CCC(O)(CC2CCC2)c2ccc(OC)c(-c3ccc(F)c(Cl)c3)n2)ccc1OC1CC1. The van der Waals surface area contributed by atoms with Crippen molar-refractivity contribution in [1.29, 1.82) is 0 Å². The van der Waals surface area contributed by atoms with Crippen molar-refractivity contribution in [2.24, 2.45) is 5.92 Å². The summed E-state index contributed by atoms with van der Waals surface area (Å²) in [6.45, 7) is 0. The van der Waals surface area contributed by atoms with E-state index in [0.29, 0.717) is 52.1 Å². The maximum absolute atomic E-state index is 13.8. The number of nitrogens with zero attached hydrogens (tertiary/aromatic N) is 1. The number of aliphatic hydroxyl groups is 1. The van der Waals surface area contributed by atoms with Crippen LogP contribution >= 0.6 is 11.6 Å². The number of benzene rings is 2. The average molecular weight is 554 g/mol. The van der Waals surface area contributed by atoms with Crippen LogP contribution < -0.4 is 14.2 Å². The first-order valence-corrected chi connectivity index (χ1v) is 13.8. The number of pyridine rings is 1. The first kappa shape index (κ1) is 27.4. The molecule has 2 aliphatic rings. The number of hydrogen-bond donors (Lipinski definition) is 1. The summed E-state index contributed by atoms with van der Waals surface area (Å²) in [5.74, 6) is 1.36. The summed E-state index contributed by atoms with van der Waals surface area (Å²) in [5, 5.41) is 12.0. The van der Waals surface area contributed by atoms with Gasteiger partial charge in [-0.05, 0) is 80.1 Å². The number of halogens is 2. The Bertz CT molecular complexity index is 1360. The Labute approximate surface area is 233 Å². The number of rotatable bonds is 12. The second-order valence-corrected chi connectivity index (χ2v) is 10.9. The van der Waals surface area contributed by atoms with Crippen molar-refractivity contribution in [1.82, 2.24) is 4.98 Å². The summed E-state index contributed by atoms with van der Waals surface area (Å²) < 4.78 is 30.7. The molecular formula is C31H33ClFNO5. The molecule has 0 spiro atoms. The smallest absolute Gasteiger partial charge is 0.163 e. The van der Waals surface area contributed by atoms with E-state index in [1.807, 2.05) is 0 Å². The van der Waals surface area contributed by atoms with Crippen LogP contribution in [0.3, 0.4) is 0 Å². The highest BCUT2D eigenvalue weighted by Crippen LogP contribution is 2.42. The fourth-order valence-corrected chi connectivity index (χ4v) is 5.18. The van der Waals surface area contributed by atoms with Gasteiger partial charge in [-0.3, -0.25) is 4.79 Å². The number of aromatic nitrogens is 1. The maximum Gasteiger partial charge on any atom is 0.163 e. The lowest BCUT2D eigenvalue weighted by atomic mass is 9.74. The van der Waals surface area contributed by atoms with E-state index < -0.39 is 11.4 Å². The van der Waals surface area contributed by atoms with Crippen LogP contribution in [0.4, 0.5) is 4.39 Å². The summed E-state index contributed by atoms with van der Waals surface area (Å²) in [5.41, 5.74) is 0.647. The molecule has 2 saturated carbocycles. The highest BCUT2D eigenvalue weighted by atomic mass is 35.5. The molecular weight excluding hydrogens is 521 g/mol. The van der Waals surface area contributed by atoms with Gasteiger partial charge in [0.2, 0.25) is 0 Å². The van der Waals surface area contributed by atoms with Crippen LogP contribution in [0.5, 0.6) is 17.2 Å². The van der Waals surface area contributed by atoms with Crippen LogP contribution in [0.15, 0.2) is 48.5 Å². The largest absolute Gasteiger partial charge is 0.494 e. The van der Waals surface area contributed by atoms with Gasteiger partial charge in [-0.25, -0.2) is 9.37 Å². The lowest BCUT2D eigenvalue weighted by molar-refractivity contribution is -0.0137. The van der Waals surface area contributed by atoms with Crippen molar-refractivity contribution in [3.8, 4) is 28.5 Å². The number of carbonyl (C=O) groups is 1. The van der Waals surface area contributed by atoms with E-state index in [2.05, 4.69) is 0 Å². The van der Waals surface area contributed by atoms with Gasteiger partial charge in [-0.2, -0.15) is 0 Å². The van der Waals surface area contributed by atoms with Crippen molar-refractivity contribution in [2.75, 3.05) is 14.2 Å². The number of carbonyl (C=O) groups excluding carboxylic acids is 1. The normalized spacial score (nSPS) is 16.7. The Morgan fingerprint density at radius 1 is 1.03 bits per heavy atom. The highest BCUT2D eigenvalue weighted by Gasteiger charge is 2.37. The molecule has 2 fully saturated rings. The Hall–Kier alpha value is -3.16. The van der Waals surface area contributed by atoms with Crippen LogP contribution in [0, 0.1) is 11.7 Å². The summed E-state index contributed by atoms with van der Waals surface area (Å²) in [6, 6.07) is 13.0. The molecule has 0 amide bonds. The van der Waals surface area contributed by atoms with Gasteiger partial charge in [0.05, 0.1) is 31.0 Å². The molecule has 0 bridgehead atoms. The molecule has 1 aromatic heterocycles. The second-order valence-electron chi connectivity index (χ2n) is 10.5. The van der Waals surface area contributed by atoms with Crippen LogP contribution in [0.25, 0.3) is 11.3 Å². The minimum atomic E-state index is -1.33. The summed E-state index contributed by atoms with van der Waals surface area (Å²) in [4.78, 5) is 18.1. The molecule has 2 aliphatic carbocycles. The van der Waals surface area contributed by atoms with Gasteiger partial charge in [0.25, 0.3) is 0 Å². The Morgan fingerprint density at radius 3 is 2.41 bits per heavy atom. The second kappa shape index (κ2) is 11.5.